The van der Waals surface area contributed by atoms with Gasteiger partial charge in [-0.3, -0.25) is 14.3 Å². The molecule has 1 fully saturated rings. The number of carbonyl (C=O) groups is 2. The Morgan fingerprint density at radius 1 is 1.33 bits per heavy atom. The van der Waals surface area contributed by atoms with Crippen molar-refractivity contribution in [2.24, 2.45) is 7.05 Å². The summed E-state index contributed by atoms with van der Waals surface area (Å²) >= 11 is 0. The summed E-state index contributed by atoms with van der Waals surface area (Å²) in [7, 11) is 1.81. The summed E-state index contributed by atoms with van der Waals surface area (Å²) in [4.78, 5) is 25.7. The van der Waals surface area contributed by atoms with Crippen molar-refractivity contribution in [3.8, 4) is 0 Å². The van der Waals surface area contributed by atoms with Crippen molar-refractivity contribution in [3.05, 3.63) is 47.3 Å². The van der Waals surface area contributed by atoms with Crippen molar-refractivity contribution < 1.29 is 9.59 Å². The Balaban J connectivity index is 1.59. The Labute approximate surface area is 140 Å². The minimum atomic E-state index is -0.127. The molecule has 1 aromatic heterocycles. The fourth-order valence-electron chi connectivity index (χ4n) is 2.68. The summed E-state index contributed by atoms with van der Waals surface area (Å²) in [5.41, 5.74) is 3.46. The smallest absolute Gasteiger partial charge is 0.255 e. The summed E-state index contributed by atoms with van der Waals surface area (Å²) in [5, 5.41) is 9.80. The summed E-state index contributed by atoms with van der Waals surface area (Å²) in [6, 6.07) is 7.90. The van der Waals surface area contributed by atoms with Crippen LogP contribution >= 0.6 is 0 Å². The Kier molecular flexibility index (Phi) is 4.50. The molecule has 1 aliphatic heterocycles. The van der Waals surface area contributed by atoms with E-state index in [0.29, 0.717) is 25.2 Å². The summed E-state index contributed by atoms with van der Waals surface area (Å²) in [6.07, 6.45) is 1.58. The number of hydrogen-bond donors (Lipinski definition) is 2. The first-order valence-electron chi connectivity index (χ1n) is 7.92. The lowest BCUT2D eigenvalue weighted by Gasteiger charge is -2.28. The number of amides is 2. The van der Waals surface area contributed by atoms with E-state index in [1.807, 2.05) is 43.1 Å². The molecule has 24 heavy (non-hydrogen) atoms. The van der Waals surface area contributed by atoms with Crippen molar-refractivity contribution in [3.63, 3.8) is 0 Å². The van der Waals surface area contributed by atoms with Gasteiger partial charge in [-0.15, -0.1) is 0 Å². The Hall–Kier alpha value is -2.83. The van der Waals surface area contributed by atoms with Gasteiger partial charge in [-0.05, 0) is 24.6 Å². The van der Waals surface area contributed by atoms with Crippen molar-refractivity contribution in [2.45, 2.75) is 13.5 Å². The lowest BCUT2D eigenvalue weighted by Crippen LogP contribution is -2.47. The van der Waals surface area contributed by atoms with Gasteiger partial charge in [0, 0.05) is 38.1 Å². The second kappa shape index (κ2) is 6.74. The predicted molar refractivity (Wildman–Crippen MR) is 90.8 cm³/mol. The topological polar surface area (TPSA) is 79.3 Å². The van der Waals surface area contributed by atoms with Crippen LogP contribution < -0.4 is 15.5 Å². The molecule has 2 amide bonds. The van der Waals surface area contributed by atoms with Crippen LogP contribution in [0.2, 0.25) is 0 Å². The maximum absolute atomic E-state index is 12.2. The van der Waals surface area contributed by atoms with Crippen molar-refractivity contribution >= 4 is 17.5 Å². The van der Waals surface area contributed by atoms with Crippen LogP contribution in [0.3, 0.4) is 0 Å². The van der Waals surface area contributed by atoms with Crippen molar-refractivity contribution in [1.82, 2.24) is 20.4 Å². The zero-order chi connectivity index (χ0) is 17.1. The SMILES string of the molecule is Cc1c(C(=O)NCc2ccc(N3CCNC(=O)C3)cc2)cnn1C. The van der Waals surface area contributed by atoms with Gasteiger partial charge in [0.15, 0.2) is 0 Å². The highest BCUT2D eigenvalue weighted by Gasteiger charge is 2.16. The summed E-state index contributed by atoms with van der Waals surface area (Å²) in [5.74, 6) is -0.0817. The fourth-order valence-corrected chi connectivity index (χ4v) is 2.68. The van der Waals surface area contributed by atoms with E-state index >= 15 is 0 Å². The molecule has 0 radical (unpaired) electrons. The number of rotatable bonds is 4. The molecule has 1 saturated heterocycles. The lowest BCUT2D eigenvalue weighted by atomic mass is 10.1. The van der Waals surface area contributed by atoms with E-state index in [1.54, 1.807) is 10.9 Å². The number of nitrogens with zero attached hydrogens (tertiary/aromatic N) is 3. The molecule has 2 heterocycles. The molecule has 0 spiro atoms. The van der Waals surface area contributed by atoms with E-state index < -0.39 is 0 Å². The largest absolute Gasteiger partial charge is 0.360 e. The summed E-state index contributed by atoms with van der Waals surface area (Å²) in [6.45, 7) is 4.18. The van der Waals surface area contributed by atoms with Gasteiger partial charge in [-0.1, -0.05) is 12.1 Å². The van der Waals surface area contributed by atoms with Gasteiger partial charge in [0.2, 0.25) is 5.91 Å². The van der Waals surface area contributed by atoms with Gasteiger partial charge >= 0.3 is 0 Å². The molecular weight excluding hydrogens is 306 g/mol. The number of aromatic nitrogens is 2. The quantitative estimate of drug-likeness (QED) is 0.862. The number of aryl methyl sites for hydroxylation is 1. The van der Waals surface area contributed by atoms with Gasteiger partial charge in [0.1, 0.15) is 0 Å². The lowest BCUT2D eigenvalue weighted by molar-refractivity contribution is -0.120. The van der Waals surface area contributed by atoms with Gasteiger partial charge in [-0.2, -0.15) is 5.10 Å². The van der Waals surface area contributed by atoms with E-state index in [1.165, 1.54) is 0 Å². The number of nitrogens with one attached hydrogen (secondary N) is 2. The molecule has 0 bridgehead atoms. The number of anilines is 1. The molecule has 0 atom stereocenters. The highest BCUT2D eigenvalue weighted by Crippen LogP contribution is 2.16. The molecule has 2 aromatic rings. The standard InChI is InChI=1S/C17H21N5O2/c1-12-15(10-20-21(12)2)17(24)19-9-13-3-5-14(6-4-13)22-8-7-18-16(23)11-22/h3-6,10H,7-9,11H2,1-2H3,(H,18,23)(H,19,24). The van der Waals surface area contributed by atoms with E-state index in [-0.39, 0.29) is 11.8 Å². The van der Waals surface area contributed by atoms with E-state index in [9.17, 15) is 9.59 Å². The van der Waals surface area contributed by atoms with Gasteiger partial charge in [0.05, 0.1) is 18.3 Å². The molecule has 3 rings (SSSR count). The predicted octanol–water partition coefficient (Wildman–Crippen LogP) is 0.595. The molecule has 126 valence electrons. The van der Waals surface area contributed by atoms with E-state index in [0.717, 1.165) is 23.5 Å². The third-order valence-corrected chi connectivity index (χ3v) is 4.27. The van der Waals surface area contributed by atoms with Crippen LogP contribution in [0.1, 0.15) is 21.6 Å². The monoisotopic (exact) mass is 327 g/mol. The van der Waals surface area contributed by atoms with Gasteiger partial charge < -0.3 is 15.5 Å². The number of piperazine rings is 1. The minimum Gasteiger partial charge on any atom is -0.360 e. The first kappa shape index (κ1) is 16.0. The molecule has 2 N–H and O–H groups in total. The minimum absolute atomic E-state index is 0.0458. The molecule has 7 nitrogen and oxygen atoms in total. The molecule has 7 heteroatoms. The highest BCUT2D eigenvalue weighted by molar-refractivity contribution is 5.95. The highest BCUT2D eigenvalue weighted by atomic mass is 16.2. The van der Waals surface area contributed by atoms with Crippen LogP contribution in [0.5, 0.6) is 0 Å². The third kappa shape index (κ3) is 3.40. The maximum Gasteiger partial charge on any atom is 0.255 e. The molecule has 0 aliphatic carbocycles. The van der Waals surface area contributed by atoms with Crippen LogP contribution in [0.25, 0.3) is 0 Å². The summed E-state index contributed by atoms with van der Waals surface area (Å²) < 4.78 is 1.68. The number of hydrogen-bond acceptors (Lipinski definition) is 4. The third-order valence-electron chi connectivity index (χ3n) is 4.27. The van der Waals surface area contributed by atoms with Crippen molar-refractivity contribution in [2.75, 3.05) is 24.5 Å². The average Bonchev–Trinajstić information content (AvgIpc) is 2.92. The van der Waals surface area contributed by atoms with Gasteiger partial charge in [0.25, 0.3) is 5.91 Å². The number of benzene rings is 1. The Morgan fingerprint density at radius 2 is 2.08 bits per heavy atom. The Bertz CT molecular complexity index is 751. The van der Waals surface area contributed by atoms with E-state index in [2.05, 4.69) is 15.7 Å². The first-order chi connectivity index (χ1) is 11.5. The number of carbonyl (C=O) groups excluding carboxylic acids is 2. The fraction of sp³-hybridized carbons (Fsp3) is 0.353. The molecule has 0 saturated carbocycles. The first-order valence-corrected chi connectivity index (χ1v) is 7.92. The van der Waals surface area contributed by atoms with Crippen LogP contribution in [0.4, 0.5) is 5.69 Å². The van der Waals surface area contributed by atoms with Crippen LogP contribution in [0.15, 0.2) is 30.5 Å². The van der Waals surface area contributed by atoms with Crippen LogP contribution in [-0.2, 0) is 18.4 Å². The van der Waals surface area contributed by atoms with Crippen LogP contribution in [-0.4, -0.2) is 41.2 Å². The normalized spacial score (nSPS) is 14.4. The molecule has 0 unspecified atom stereocenters. The maximum atomic E-state index is 12.2. The second-order valence-electron chi connectivity index (χ2n) is 5.89. The van der Waals surface area contributed by atoms with Crippen LogP contribution in [0, 0.1) is 6.92 Å². The van der Waals surface area contributed by atoms with E-state index in [4.69, 9.17) is 0 Å². The molecule has 1 aliphatic rings. The van der Waals surface area contributed by atoms with Gasteiger partial charge in [-0.25, -0.2) is 0 Å². The second-order valence-corrected chi connectivity index (χ2v) is 5.89. The molecule has 1 aromatic carbocycles. The van der Waals surface area contributed by atoms with Crippen molar-refractivity contribution in [1.29, 1.82) is 0 Å². The molecular formula is C17H21N5O2. The average molecular weight is 327 g/mol. The zero-order valence-corrected chi connectivity index (χ0v) is 13.9. The zero-order valence-electron chi connectivity index (χ0n) is 13.9. The Morgan fingerprint density at radius 3 is 2.71 bits per heavy atom.